The number of nitrogens with one attached hydrogen (secondary N) is 2. The number of thiophene rings is 1. The molecule has 58 valence electrons. The minimum absolute atomic E-state index is 0.0923. The zero-order valence-corrected chi connectivity index (χ0v) is 6.70. The molecule has 0 spiro atoms. The SMILES string of the molecule is O=C1CCNc2cscc2N1. The van der Waals surface area contributed by atoms with E-state index in [0.717, 1.165) is 17.9 Å². The van der Waals surface area contributed by atoms with E-state index in [9.17, 15) is 4.79 Å². The van der Waals surface area contributed by atoms with Gasteiger partial charge in [0.1, 0.15) is 0 Å². The van der Waals surface area contributed by atoms with E-state index in [-0.39, 0.29) is 5.91 Å². The van der Waals surface area contributed by atoms with Crippen molar-refractivity contribution in [2.24, 2.45) is 0 Å². The molecule has 1 aromatic rings. The number of fused-ring (bicyclic) bond motifs is 1. The average Bonchev–Trinajstić information content (AvgIpc) is 2.31. The van der Waals surface area contributed by atoms with Crippen molar-refractivity contribution >= 4 is 28.6 Å². The van der Waals surface area contributed by atoms with Gasteiger partial charge in [0.2, 0.25) is 5.91 Å². The second-order valence-electron chi connectivity index (χ2n) is 2.42. The van der Waals surface area contributed by atoms with Crippen LogP contribution in [0.5, 0.6) is 0 Å². The normalized spacial score (nSPS) is 16.2. The summed E-state index contributed by atoms with van der Waals surface area (Å²) in [6.45, 7) is 0.732. The molecule has 1 aromatic heterocycles. The van der Waals surface area contributed by atoms with E-state index >= 15 is 0 Å². The first-order valence-corrected chi connectivity index (χ1v) is 4.40. The summed E-state index contributed by atoms with van der Waals surface area (Å²) in [6, 6.07) is 0. The first-order chi connectivity index (χ1) is 5.36. The molecule has 4 heteroatoms. The predicted molar refractivity (Wildman–Crippen MR) is 46.1 cm³/mol. The molecule has 0 bridgehead atoms. The zero-order chi connectivity index (χ0) is 7.68. The molecule has 2 heterocycles. The Balaban J connectivity index is 2.32. The third-order valence-corrected chi connectivity index (χ3v) is 2.35. The minimum atomic E-state index is 0.0923. The third-order valence-electron chi connectivity index (χ3n) is 1.60. The summed E-state index contributed by atoms with van der Waals surface area (Å²) in [5, 5.41) is 9.91. The molecule has 1 aliphatic rings. The van der Waals surface area contributed by atoms with Crippen LogP contribution < -0.4 is 10.6 Å². The largest absolute Gasteiger partial charge is 0.382 e. The lowest BCUT2D eigenvalue weighted by molar-refractivity contribution is -0.115. The lowest BCUT2D eigenvalue weighted by Crippen LogP contribution is -2.10. The molecule has 11 heavy (non-hydrogen) atoms. The molecule has 3 nitrogen and oxygen atoms in total. The van der Waals surface area contributed by atoms with Crippen LogP contribution in [0, 0.1) is 0 Å². The molecule has 0 saturated carbocycles. The molecule has 1 amide bonds. The predicted octanol–water partition coefficient (Wildman–Crippen LogP) is 1.50. The van der Waals surface area contributed by atoms with Crippen molar-refractivity contribution in [3.05, 3.63) is 10.8 Å². The van der Waals surface area contributed by atoms with E-state index < -0.39 is 0 Å². The highest BCUT2D eigenvalue weighted by Gasteiger charge is 2.11. The van der Waals surface area contributed by atoms with Crippen LogP contribution in [0.15, 0.2) is 10.8 Å². The summed E-state index contributed by atoms with van der Waals surface area (Å²) in [7, 11) is 0. The van der Waals surface area contributed by atoms with E-state index in [2.05, 4.69) is 10.6 Å². The number of hydrogen-bond donors (Lipinski definition) is 2. The number of anilines is 2. The number of rotatable bonds is 0. The van der Waals surface area contributed by atoms with Crippen LogP contribution in [0.2, 0.25) is 0 Å². The monoisotopic (exact) mass is 168 g/mol. The van der Waals surface area contributed by atoms with E-state index in [4.69, 9.17) is 0 Å². The Hall–Kier alpha value is -1.03. The van der Waals surface area contributed by atoms with Gasteiger partial charge < -0.3 is 10.6 Å². The molecule has 0 atom stereocenters. The first kappa shape index (κ1) is 6.67. The quantitative estimate of drug-likeness (QED) is 0.616. The minimum Gasteiger partial charge on any atom is -0.382 e. The Morgan fingerprint density at radius 3 is 3.09 bits per heavy atom. The fourth-order valence-electron chi connectivity index (χ4n) is 1.05. The molecule has 0 aromatic carbocycles. The highest BCUT2D eigenvalue weighted by molar-refractivity contribution is 7.09. The number of carbonyl (C=O) groups is 1. The van der Waals surface area contributed by atoms with Crippen molar-refractivity contribution in [3.8, 4) is 0 Å². The van der Waals surface area contributed by atoms with Crippen LogP contribution in [-0.4, -0.2) is 12.5 Å². The molecule has 0 aliphatic carbocycles. The maximum atomic E-state index is 11.0. The van der Waals surface area contributed by atoms with Crippen LogP contribution in [0.25, 0.3) is 0 Å². The van der Waals surface area contributed by atoms with Crippen molar-refractivity contribution in [1.29, 1.82) is 0 Å². The molecular formula is C7H8N2OS. The van der Waals surface area contributed by atoms with Gasteiger partial charge in [-0.2, -0.15) is 0 Å². The van der Waals surface area contributed by atoms with Gasteiger partial charge in [-0.25, -0.2) is 0 Å². The average molecular weight is 168 g/mol. The van der Waals surface area contributed by atoms with E-state index in [0.29, 0.717) is 6.42 Å². The molecule has 0 unspecified atom stereocenters. The third kappa shape index (κ3) is 1.21. The van der Waals surface area contributed by atoms with Crippen molar-refractivity contribution < 1.29 is 4.79 Å². The maximum Gasteiger partial charge on any atom is 0.226 e. The van der Waals surface area contributed by atoms with Gasteiger partial charge in [0, 0.05) is 23.7 Å². The van der Waals surface area contributed by atoms with Crippen LogP contribution in [0.4, 0.5) is 11.4 Å². The Bertz CT molecular complexity index is 282. The fourth-order valence-corrected chi connectivity index (χ4v) is 1.79. The van der Waals surface area contributed by atoms with Gasteiger partial charge in [0.25, 0.3) is 0 Å². The van der Waals surface area contributed by atoms with Crippen LogP contribution in [0.1, 0.15) is 6.42 Å². The molecule has 0 saturated heterocycles. The lowest BCUT2D eigenvalue weighted by Gasteiger charge is -1.98. The lowest BCUT2D eigenvalue weighted by atomic mass is 10.4. The van der Waals surface area contributed by atoms with Crippen molar-refractivity contribution in [3.63, 3.8) is 0 Å². The summed E-state index contributed by atoms with van der Waals surface area (Å²) < 4.78 is 0. The number of amides is 1. The van der Waals surface area contributed by atoms with Crippen molar-refractivity contribution in [2.45, 2.75) is 6.42 Å². The fraction of sp³-hybridized carbons (Fsp3) is 0.286. The van der Waals surface area contributed by atoms with E-state index in [1.807, 2.05) is 10.8 Å². The summed E-state index contributed by atoms with van der Waals surface area (Å²) in [5.41, 5.74) is 1.96. The van der Waals surface area contributed by atoms with Gasteiger partial charge in [-0.15, -0.1) is 11.3 Å². The van der Waals surface area contributed by atoms with Crippen LogP contribution >= 0.6 is 11.3 Å². The van der Waals surface area contributed by atoms with Gasteiger partial charge in [-0.05, 0) is 0 Å². The summed E-state index contributed by atoms with van der Waals surface area (Å²) >= 11 is 1.59. The zero-order valence-electron chi connectivity index (χ0n) is 5.89. The van der Waals surface area contributed by atoms with E-state index in [1.54, 1.807) is 11.3 Å². The summed E-state index contributed by atoms with van der Waals surface area (Å²) in [4.78, 5) is 11.0. The number of carbonyl (C=O) groups excluding carboxylic acids is 1. The Morgan fingerprint density at radius 2 is 2.18 bits per heavy atom. The van der Waals surface area contributed by atoms with Gasteiger partial charge >= 0.3 is 0 Å². The molecule has 0 radical (unpaired) electrons. The molecule has 2 rings (SSSR count). The Labute approximate surface area is 68.4 Å². The van der Waals surface area contributed by atoms with Gasteiger partial charge in [-0.3, -0.25) is 4.79 Å². The Morgan fingerprint density at radius 1 is 1.36 bits per heavy atom. The smallest absolute Gasteiger partial charge is 0.226 e. The van der Waals surface area contributed by atoms with Gasteiger partial charge in [0.15, 0.2) is 0 Å². The van der Waals surface area contributed by atoms with Gasteiger partial charge in [0.05, 0.1) is 11.4 Å². The second kappa shape index (κ2) is 2.54. The van der Waals surface area contributed by atoms with Crippen LogP contribution in [0.3, 0.4) is 0 Å². The Kier molecular flexibility index (Phi) is 1.54. The molecule has 2 N–H and O–H groups in total. The standard InChI is InChI=1S/C7H8N2OS/c10-7-1-2-8-5-3-11-4-6(5)9-7/h3-4,8H,1-2H2,(H,9,10). The molecular weight excluding hydrogens is 160 g/mol. The number of hydrogen-bond acceptors (Lipinski definition) is 3. The topological polar surface area (TPSA) is 41.1 Å². The van der Waals surface area contributed by atoms with E-state index in [1.165, 1.54) is 0 Å². The summed E-state index contributed by atoms with van der Waals surface area (Å²) in [6.07, 6.45) is 0.555. The maximum absolute atomic E-state index is 11.0. The molecule has 0 fully saturated rings. The van der Waals surface area contributed by atoms with Crippen LogP contribution in [-0.2, 0) is 4.79 Å². The highest BCUT2D eigenvalue weighted by atomic mass is 32.1. The van der Waals surface area contributed by atoms with Crippen molar-refractivity contribution in [1.82, 2.24) is 0 Å². The second-order valence-corrected chi connectivity index (χ2v) is 3.17. The summed E-state index contributed by atoms with van der Waals surface area (Å²) in [5.74, 6) is 0.0923. The first-order valence-electron chi connectivity index (χ1n) is 3.46. The van der Waals surface area contributed by atoms with Gasteiger partial charge in [-0.1, -0.05) is 0 Å². The molecule has 1 aliphatic heterocycles. The highest BCUT2D eigenvalue weighted by Crippen LogP contribution is 2.27. The van der Waals surface area contributed by atoms with Crippen molar-refractivity contribution in [2.75, 3.05) is 17.2 Å².